The SMILES string of the molecule is C#CC(C#C)(CCCC)C(=O)CCCCC. The van der Waals surface area contributed by atoms with E-state index in [0.29, 0.717) is 12.8 Å². The second-order valence-corrected chi connectivity index (χ2v) is 4.18. The highest BCUT2D eigenvalue weighted by Crippen LogP contribution is 2.26. The maximum atomic E-state index is 12.0. The molecule has 0 rings (SSSR count). The molecule has 0 N–H and O–H groups in total. The number of carbonyl (C=O) groups excluding carboxylic acids is 1. The summed E-state index contributed by atoms with van der Waals surface area (Å²) in [5, 5.41) is 0. The van der Waals surface area contributed by atoms with Crippen molar-refractivity contribution in [3.05, 3.63) is 0 Å². The van der Waals surface area contributed by atoms with Crippen molar-refractivity contribution in [2.45, 2.75) is 58.8 Å². The van der Waals surface area contributed by atoms with Crippen LogP contribution in [0.25, 0.3) is 0 Å². The Hall–Kier alpha value is -1.21. The summed E-state index contributed by atoms with van der Waals surface area (Å²) in [5.74, 6) is 5.14. The number of terminal acetylenes is 2. The minimum Gasteiger partial charge on any atom is -0.297 e. The molecule has 88 valence electrons. The molecule has 0 bridgehead atoms. The summed E-state index contributed by atoms with van der Waals surface area (Å²) in [7, 11) is 0. The average molecular weight is 218 g/mol. The lowest BCUT2D eigenvalue weighted by Crippen LogP contribution is -2.27. The summed E-state index contributed by atoms with van der Waals surface area (Å²) in [5.41, 5.74) is -0.941. The third kappa shape index (κ3) is 4.11. The van der Waals surface area contributed by atoms with Gasteiger partial charge in [0.15, 0.2) is 5.78 Å². The molecule has 0 aliphatic rings. The zero-order valence-electron chi connectivity index (χ0n) is 10.5. The third-order valence-corrected chi connectivity index (χ3v) is 2.88. The summed E-state index contributed by atoms with van der Waals surface area (Å²) in [4.78, 5) is 12.0. The van der Waals surface area contributed by atoms with Crippen LogP contribution in [0.15, 0.2) is 0 Å². The van der Waals surface area contributed by atoms with E-state index in [0.717, 1.165) is 32.1 Å². The maximum absolute atomic E-state index is 12.0. The number of hydrogen-bond donors (Lipinski definition) is 0. The molecule has 0 saturated carbocycles. The van der Waals surface area contributed by atoms with E-state index in [1.165, 1.54) is 0 Å². The Labute approximate surface area is 100 Å². The Bertz CT molecular complexity index is 274. The van der Waals surface area contributed by atoms with Gasteiger partial charge in [0.2, 0.25) is 0 Å². The summed E-state index contributed by atoms with van der Waals surface area (Å²) in [6, 6.07) is 0. The normalized spacial score (nSPS) is 10.5. The Morgan fingerprint density at radius 2 is 1.62 bits per heavy atom. The van der Waals surface area contributed by atoms with Gasteiger partial charge < -0.3 is 0 Å². The highest BCUT2D eigenvalue weighted by Gasteiger charge is 2.32. The molecule has 0 radical (unpaired) electrons. The molecule has 0 aromatic carbocycles. The largest absolute Gasteiger partial charge is 0.297 e. The van der Waals surface area contributed by atoms with Gasteiger partial charge in [-0.05, 0) is 12.8 Å². The van der Waals surface area contributed by atoms with Crippen LogP contribution in [0.5, 0.6) is 0 Å². The highest BCUT2D eigenvalue weighted by molar-refractivity contribution is 5.91. The van der Waals surface area contributed by atoms with Gasteiger partial charge >= 0.3 is 0 Å². The van der Waals surface area contributed by atoms with E-state index in [1.54, 1.807) is 0 Å². The molecule has 0 saturated heterocycles. The zero-order chi connectivity index (χ0) is 12.4. The van der Waals surface area contributed by atoms with E-state index in [4.69, 9.17) is 12.8 Å². The van der Waals surface area contributed by atoms with Crippen molar-refractivity contribution in [1.82, 2.24) is 0 Å². The molecule has 0 aliphatic heterocycles. The fraction of sp³-hybridized carbons (Fsp3) is 0.667. The summed E-state index contributed by atoms with van der Waals surface area (Å²) >= 11 is 0. The standard InChI is InChI=1S/C15H22O/c1-5-9-11-12-14(16)15(7-3,8-4)13-10-6-2/h3-4H,5-6,9-13H2,1-2H3. The van der Waals surface area contributed by atoms with Crippen molar-refractivity contribution in [1.29, 1.82) is 0 Å². The van der Waals surface area contributed by atoms with Crippen LogP contribution < -0.4 is 0 Å². The predicted molar refractivity (Wildman–Crippen MR) is 68.8 cm³/mol. The molecule has 0 unspecified atom stereocenters. The van der Waals surface area contributed by atoms with Crippen LogP contribution in [-0.2, 0) is 4.79 Å². The lowest BCUT2D eigenvalue weighted by atomic mass is 9.78. The lowest BCUT2D eigenvalue weighted by Gasteiger charge is -2.20. The number of ketones is 1. The highest BCUT2D eigenvalue weighted by atomic mass is 16.1. The van der Waals surface area contributed by atoms with E-state index in [1.807, 2.05) is 0 Å². The first kappa shape index (κ1) is 14.8. The second-order valence-electron chi connectivity index (χ2n) is 4.18. The Morgan fingerprint density at radius 1 is 1.06 bits per heavy atom. The predicted octanol–water partition coefficient (Wildman–Crippen LogP) is 3.58. The topological polar surface area (TPSA) is 17.1 Å². The minimum absolute atomic E-state index is 0.0550. The minimum atomic E-state index is -0.941. The second kappa shape index (κ2) is 8.00. The number of hydrogen-bond acceptors (Lipinski definition) is 1. The van der Waals surface area contributed by atoms with Crippen LogP contribution in [0.4, 0.5) is 0 Å². The summed E-state index contributed by atoms with van der Waals surface area (Å²) in [6.07, 6.45) is 17.0. The molecule has 1 nitrogen and oxygen atoms in total. The van der Waals surface area contributed by atoms with Crippen molar-refractivity contribution in [2.75, 3.05) is 0 Å². The molecule has 0 aromatic heterocycles. The zero-order valence-corrected chi connectivity index (χ0v) is 10.5. The van der Waals surface area contributed by atoms with Gasteiger partial charge in [-0.15, -0.1) is 12.8 Å². The van der Waals surface area contributed by atoms with E-state index >= 15 is 0 Å². The van der Waals surface area contributed by atoms with Gasteiger partial charge in [0.25, 0.3) is 0 Å². The average Bonchev–Trinajstić information content (AvgIpc) is 2.31. The summed E-state index contributed by atoms with van der Waals surface area (Å²) in [6.45, 7) is 4.18. The smallest absolute Gasteiger partial charge is 0.162 e. The van der Waals surface area contributed by atoms with E-state index in [9.17, 15) is 4.79 Å². The quantitative estimate of drug-likeness (QED) is 0.449. The first-order chi connectivity index (χ1) is 7.66. The summed E-state index contributed by atoms with van der Waals surface area (Å²) < 4.78 is 0. The molecule has 1 heteroatoms. The third-order valence-electron chi connectivity index (χ3n) is 2.88. The van der Waals surface area contributed by atoms with Crippen molar-refractivity contribution in [3.63, 3.8) is 0 Å². The molecular weight excluding hydrogens is 196 g/mol. The van der Waals surface area contributed by atoms with E-state index in [-0.39, 0.29) is 5.78 Å². The van der Waals surface area contributed by atoms with Crippen LogP contribution in [0.3, 0.4) is 0 Å². The van der Waals surface area contributed by atoms with Crippen molar-refractivity contribution in [3.8, 4) is 24.7 Å². The monoisotopic (exact) mass is 218 g/mol. The van der Waals surface area contributed by atoms with Crippen molar-refractivity contribution < 1.29 is 4.79 Å². The van der Waals surface area contributed by atoms with Crippen molar-refractivity contribution >= 4 is 5.78 Å². The number of carbonyl (C=O) groups is 1. The maximum Gasteiger partial charge on any atom is 0.162 e. The molecule has 0 spiro atoms. The van der Waals surface area contributed by atoms with Crippen LogP contribution in [-0.4, -0.2) is 5.78 Å². The number of rotatable bonds is 8. The van der Waals surface area contributed by atoms with Crippen LogP contribution in [0.1, 0.15) is 58.8 Å². The molecular formula is C15H22O. The molecule has 0 aliphatic carbocycles. The molecule has 0 heterocycles. The lowest BCUT2D eigenvalue weighted by molar-refractivity contribution is -0.124. The number of Topliss-reactive ketones (excluding diaryl/α,β-unsaturated/α-hetero) is 1. The molecule has 0 amide bonds. The van der Waals surface area contributed by atoms with Gasteiger partial charge in [-0.3, -0.25) is 4.79 Å². The fourth-order valence-electron chi connectivity index (χ4n) is 1.68. The van der Waals surface area contributed by atoms with Crippen LogP contribution >= 0.6 is 0 Å². The Morgan fingerprint density at radius 3 is 2.06 bits per heavy atom. The number of unbranched alkanes of at least 4 members (excludes halogenated alkanes) is 3. The van der Waals surface area contributed by atoms with Gasteiger partial charge in [-0.25, -0.2) is 0 Å². The van der Waals surface area contributed by atoms with Gasteiger partial charge in [0.1, 0.15) is 5.41 Å². The first-order valence-corrected chi connectivity index (χ1v) is 6.15. The Kier molecular flexibility index (Phi) is 7.40. The van der Waals surface area contributed by atoms with Crippen molar-refractivity contribution in [2.24, 2.45) is 5.41 Å². The van der Waals surface area contributed by atoms with Crippen LogP contribution in [0, 0.1) is 30.1 Å². The first-order valence-electron chi connectivity index (χ1n) is 6.15. The molecule has 0 atom stereocenters. The van der Waals surface area contributed by atoms with E-state index < -0.39 is 5.41 Å². The van der Waals surface area contributed by atoms with Gasteiger partial charge in [-0.2, -0.15) is 0 Å². The van der Waals surface area contributed by atoms with Gasteiger partial charge in [-0.1, -0.05) is 51.4 Å². The molecule has 16 heavy (non-hydrogen) atoms. The van der Waals surface area contributed by atoms with Gasteiger partial charge in [0, 0.05) is 6.42 Å². The fourth-order valence-corrected chi connectivity index (χ4v) is 1.68. The molecule has 0 fully saturated rings. The Balaban J connectivity index is 4.47. The molecule has 0 aromatic rings. The van der Waals surface area contributed by atoms with E-state index in [2.05, 4.69) is 25.7 Å². The van der Waals surface area contributed by atoms with Gasteiger partial charge in [0.05, 0.1) is 0 Å². The van der Waals surface area contributed by atoms with Crippen LogP contribution in [0.2, 0.25) is 0 Å².